The molecule has 0 atom stereocenters. The Kier molecular flexibility index (Phi) is 8.53. The SMILES string of the molecule is CCOc1cc(/C=C2/C(=O)NC(=O)N(c3ccc(Cl)cc3)C2=O)cc(Cl)c1OCC(=O)Nc1ccccc1C. The fourth-order valence-electron chi connectivity index (χ4n) is 3.76. The molecule has 9 nitrogen and oxygen atoms in total. The van der Waals surface area contributed by atoms with Crippen LogP contribution in [-0.2, 0) is 14.4 Å². The van der Waals surface area contributed by atoms with Crippen molar-refractivity contribution < 1.29 is 28.7 Å². The summed E-state index contributed by atoms with van der Waals surface area (Å²) >= 11 is 12.4. The monoisotopic (exact) mass is 567 g/mol. The lowest BCUT2D eigenvalue weighted by atomic mass is 10.1. The third-order valence-corrected chi connectivity index (χ3v) is 6.13. The first-order chi connectivity index (χ1) is 18.7. The normalized spacial score (nSPS) is 14.3. The molecule has 0 spiro atoms. The molecule has 0 unspecified atom stereocenters. The van der Waals surface area contributed by atoms with E-state index in [1.165, 1.54) is 42.5 Å². The number of carbonyl (C=O) groups excluding carboxylic acids is 4. The minimum atomic E-state index is -0.884. The molecule has 1 aliphatic rings. The van der Waals surface area contributed by atoms with Gasteiger partial charge >= 0.3 is 6.03 Å². The number of barbiturate groups is 1. The predicted molar refractivity (Wildman–Crippen MR) is 148 cm³/mol. The van der Waals surface area contributed by atoms with Gasteiger partial charge in [0.15, 0.2) is 18.1 Å². The summed E-state index contributed by atoms with van der Waals surface area (Å²) in [6, 6.07) is 15.4. The highest BCUT2D eigenvalue weighted by Crippen LogP contribution is 2.37. The van der Waals surface area contributed by atoms with Crippen LogP contribution in [0.4, 0.5) is 16.2 Å². The Labute approximate surface area is 234 Å². The van der Waals surface area contributed by atoms with Gasteiger partial charge in [0.2, 0.25) is 0 Å². The standard InChI is InChI=1S/C28H23Cl2N3O6/c1-3-38-23-14-17(13-21(30)25(23)39-15-24(34)31-22-7-5-4-6-16(22)2)12-20-26(35)32-28(37)33(27(20)36)19-10-8-18(29)9-11-19/h4-14H,3,15H2,1-2H3,(H,31,34)(H,32,35,37)/b20-12-. The molecule has 0 saturated carbocycles. The second-order valence-corrected chi connectivity index (χ2v) is 9.19. The van der Waals surface area contributed by atoms with Gasteiger partial charge in [-0.05, 0) is 73.5 Å². The number of benzene rings is 3. The number of ether oxygens (including phenoxy) is 2. The molecule has 3 aromatic carbocycles. The maximum absolute atomic E-state index is 13.2. The number of amides is 5. The zero-order valence-electron chi connectivity index (χ0n) is 20.9. The van der Waals surface area contributed by atoms with Crippen LogP contribution in [0.3, 0.4) is 0 Å². The molecule has 0 radical (unpaired) electrons. The second-order valence-electron chi connectivity index (χ2n) is 8.35. The molecular weight excluding hydrogens is 545 g/mol. The molecule has 0 aliphatic carbocycles. The molecule has 1 aliphatic heterocycles. The summed E-state index contributed by atoms with van der Waals surface area (Å²) in [5, 5.41) is 5.44. The third kappa shape index (κ3) is 6.39. The predicted octanol–water partition coefficient (Wildman–Crippen LogP) is 5.38. The fraction of sp³-hybridized carbons (Fsp3) is 0.143. The lowest BCUT2D eigenvalue weighted by Gasteiger charge is -2.26. The first kappa shape index (κ1) is 27.7. The first-order valence-electron chi connectivity index (χ1n) is 11.8. The Balaban J connectivity index is 1.58. The molecule has 4 rings (SSSR count). The minimum absolute atomic E-state index is 0.0887. The van der Waals surface area contributed by atoms with E-state index < -0.39 is 23.8 Å². The second kappa shape index (κ2) is 12.0. The topological polar surface area (TPSA) is 114 Å². The average Bonchev–Trinajstić information content (AvgIpc) is 2.88. The smallest absolute Gasteiger partial charge is 0.335 e. The molecule has 2 N–H and O–H groups in total. The molecule has 1 heterocycles. The van der Waals surface area contributed by atoms with Crippen molar-refractivity contribution in [3.63, 3.8) is 0 Å². The quantitative estimate of drug-likeness (QED) is 0.279. The number of hydrogen-bond acceptors (Lipinski definition) is 6. The van der Waals surface area contributed by atoms with Gasteiger partial charge in [-0.15, -0.1) is 0 Å². The van der Waals surface area contributed by atoms with Crippen LogP contribution < -0.4 is 25.0 Å². The Bertz CT molecular complexity index is 1490. The number of nitrogens with one attached hydrogen (secondary N) is 2. The summed E-state index contributed by atoms with van der Waals surface area (Å²) in [5.41, 5.74) is 1.83. The Morgan fingerprint density at radius 3 is 2.44 bits per heavy atom. The van der Waals surface area contributed by atoms with Crippen molar-refractivity contribution in [2.45, 2.75) is 13.8 Å². The van der Waals surface area contributed by atoms with E-state index in [-0.39, 0.29) is 41.0 Å². The molecule has 200 valence electrons. The maximum atomic E-state index is 13.2. The number of nitrogens with zero attached hydrogens (tertiary/aromatic N) is 1. The number of halogens is 2. The number of hydrogen-bond donors (Lipinski definition) is 2. The van der Waals surface area contributed by atoms with Gasteiger partial charge in [0.05, 0.1) is 17.3 Å². The molecule has 3 aromatic rings. The average molecular weight is 568 g/mol. The molecule has 5 amide bonds. The molecule has 1 fully saturated rings. The first-order valence-corrected chi connectivity index (χ1v) is 12.5. The van der Waals surface area contributed by atoms with Crippen molar-refractivity contribution >= 4 is 64.4 Å². The molecular formula is C28H23Cl2N3O6. The minimum Gasteiger partial charge on any atom is -0.490 e. The number of rotatable bonds is 8. The number of anilines is 2. The largest absolute Gasteiger partial charge is 0.490 e. The Morgan fingerprint density at radius 1 is 1.03 bits per heavy atom. The fourth-order valence-corrected chi connectivity index (χ4v) is 4.16. The van der Waals surface area contributed by atoms with Crippen LogP contribution in [0.1, 0.15) is 18.1 Å². The van der Waals surface area contributed by atoms with Gasteiger partial charge < -0.3 is 14.8 Å². The number of urea groups is 1. The lowest BCUT2D eigenvalue weighted by molar-refractivity contribution is -0.122. The van der Waals surface area contributed by atoms with E-state index in [4.69, 9.17) is 32.7 Å². The van der Waals surface area contributed by atoms with Gasteiger partial charge in [0.1, 0.15) is 5.57 Å². The van der Waals surface area contributed by atoms with Crippen molar-refractivity contribution in [1.82, 2.24) is 5.32 Å². The van der Waals surface area contributed by atoms with E-state index in [0.717, 1.165) is 10.5 Å². The van der Waals surface area contributed by atoms with E-state index in [1.807, 2.05) is 25.1 Å². The van der Waals surface area contributed by atoms with Crippen LogP contribution in [0.2, 0.25) is 10.0 Å². The number of imide groups is 2. The highest BCUT2D eigenvalue weighted by atomic mass is 35.5. The third-order valence-electron chi connectivity index (χ3n) is 5.60. The Hall–Kier alpha value is -4.34. The summed E-state index contributed by atoms with van der Waals surface area (Å²) < 4.78 is 11.3. The van der Waals surface area contributed by atoms with Crippen LogP contribution in [0, 0.1) is 6.92 Å². The van der Waals surface area contributed by atoms with Gasteiger partial charge in [0.25, 0.3) is 17.7 Å². The molecule has 0 aromatic heterocycles. The molecule has 39 heavy (non-hydrogen) atoms. The van der Waals surface area contributed by atoms with Gasteiger partial charge in [-0.1, -0.05) is 41.4 Å². The zero-order valence-corrected chi connectivity index (χ0v) is 22.4. The number of para-hydroxylation sites is 1. The van der Waals surface area contributed by atoms with Crippen LogP contribution in [0.15, 0.2) is 66.2 Å². The molecule has 0 bridgehead atoms. The van der Waals surface area contributed by atoms with Gasteiger partial charge in [-0.25, -0.2) is 9.69 Å². The van der Waals surface area contributed by atoms with E-state index in [2.05, 4.69) is 10.6 Å². The van der Waals surface area contributed by atoms with E-state index in [9.17, 15) is 19.2 Å². The van der Waals surface area contributed by atoms with E-state index >= 15 is 0 Å². The highest BCUT2D eigenvalue weighted by molar-refractivity contribution is 6.39. The van der Waals surface area contributed by atoms with Crippen molar-refractivity contribution in [2.75, 3.05) is 23.4 Å². The van der Waals surface area contributed by atoms with Crippen LogP contribution in [0.25, 0.3) is 6.08 Å². The van der Waals surface area contributed by atoms with Gasteiger partial charge in [0, 0.05) is 10.7 Å². The van der Waals surface area contributed by atoms with Crippen molar-refractivity contribution in [3.8, 4) is 11.5 Å². The zero-order chi connectivity index (χ0) is 28.1. The van der Waals surface area contributed by atoms with Crippen molar-refractivity contribution in [3.05, 3.63) is 87.4 Å². The van der Waals surface area contributed by atoms with Crippen molar-refractivity contribution in [1.29, 1.82) is 0 Å². The number of aryl methyl sites for hydroxylation is 1. The molecule has 11 heteroatoms. The lowest BCUT2D eigenvalue weighted by Crippen LogP contribution is -2.54. The highest BCUT2D eigenvalue weighted by Gasteiger charge is 2.36. The van der Waals surface area contributed by atoms with Crippen LogP contribution >= 0.6 is 23.2 Å². The van der Waals surface area contributed by atoms with Crippen LogP contribution in [-0.4, -0.2) is 37.0 Å². The van der Waals surface area contributed by atoms with Gasteiger partial charge in [-0.2, -0.15) is 0 Å². The van der Waals surface area contributed by atoms with E-state index in [1.54, 1.807) is 13.0 Å². The summed E-state index contributed by atoms with van der Waals surface area (Å²) in [7, 11) is 0. The van der Waals surface area contributed by atoms with E-state index in [0.29, 0.717) is 16.3 Å². The summed E-state index contributed by atoms with van der Waals surface area (Å²) in [4.78, 5) is 51.4. The summed E-state index contributed by atoms with van der Waals surface area (Å²) in [6.07, 6.45) is 1.29. The molecule has 1 saturated heterocycles. The summed E-state index contributed by atoms with van der Waals surface area (Å²) in [5.74, 6) is -1.76. The van der Waals surface area contributed by atoms with Crippen molar-refractivity contribution in [2.24, 2.45) is 0 Å². The maximum Gasteiger partial charge on any atom is 0.335 e. The summed E-state index contributed by atoms with van der Waals surface area (Å²) in [6.45, 7) is 3.53. The van der Waals surface area contributed by atoms with Gasteiger partial charge in [-0.3, -0.25) is 19.7 Å². The Morgan fingerprint density at radius 2 is 1.74 bits per heavy atom. The van der Waals surface area contributed by atoms with Crippen LogP contribution in [0.5, 0.6) is 11.5 Å². The number of carbonyl (C=O) groups is 4.